The Balaban J connectivity index is 1.74. The van der Waals surface area contributed by atoms with Gasteiger partial charge < -0.3 is 0 Å². The predicted octanol–water partition coefficient (Wildman–Crippen LogP) is 1.91. The summed E-state index contributed by atoms with van der Waals surface area (Å²) in [6, 6.07) is 14.8. The molecule has 0 aromatic heterocycles. The van der Waals surface area contributed by atoms with Crippen molar-refractivity contribution in [1.29, 1.82) is 0 Å². The molecule has 2 aliphatic heterocycles. The van der Waals surface area contributed by atoms with Gasteiger partial charge in [-0.15, -0.1) is 0 Å². The van der Waals surface area contributed by atoms with Crippen molar-refractivity contribution in [3.05, 3.63) is 70.8 Å². The Kier molecular flexibility index (Phi) is 3.79. The molecule has 2 heterocycles. The van der Waals surface area contributed by atoms with E-state index in [2.05, 4.69) is 0 Å². The second-order valence-corrected chi connectivity index (χ2v) is 11.0. The number of alkyl halides is 1. The first-order chi connectivity index (χ1) is 15.9. The summed E-state index contributed by atoms with van der Waals surface area (Å²) in [5.74, 6) is -1.12. The Hall–Kier alpha value is -2.86. The second-order valence-electron chi connectivity index (χ2n) is 8.09. The summed E-state index contributed by atoms with van der Waals surface area (Å²) in [5.41, 5.74) is 2.10. The molecule has 0 atom stereocenters. The SMILES string of the molecule is C[I-]N1C(=O)c2ccc3c4ccc5c6c(ccc(c7ccc(c2c37)C1=O)c64)C(=O)N(I)C5=O. The van der Waals surface area contributed by atoms with E-state index >= 15 is 0 Å². The van der Waals surface area contributed by atoms with Gasteiger partial charge in [-0.1, -0.05) is 0 Å². The third-order valence-corrected chi connectivity index (χ3v) is 9.42. The zero-order valence-electron chi connectivity index (χ0n) is 16.9. The minimum atomic E-state index is -0.731. The second kappa shape index (κ2) is 6.38. The number of halogens is 2. The van der Waals surface area contributed by atoms with Gasteiger partial charge in [0.25, 0.3) is 0 Å². The van der Waals surface area contributed by atoms with Crippen LogP contribution in [-0.4, -0.2) is 34.8 Å². The number of hydrogen-bond acceptors (Lipinski definition) is 4. The number of rotatable bonds is 1. The molecular weight excluding hydrogens is 646 g/mol. The van der Waals surface area contributed by atoms with Gasteiger partial charge >= 0.3 is 189 Å². The first-order valence-corrected chi connectivity index (χ1v) is 14.2. The van der Waals surface area contributed by atoms with Gasteiger partial charge in [0.2, 0.25) is 0 Å². The molecule has 5 aromatic carbocycles. The number of carbonyl (C=O) groups excluding carboxylic acids is 4. The summed E-state index contributed by atoms with van der Waals surface area (Å²) >= 11 is 1.02. The minimum absolute atomic E-state index is 0.235. The Bertz CT molecular complexity index is 1690. The van der Waals surface area contributed by atoms with E-state index in [0.29, 0.717) is 33.0 Å². The van der Waals surface area contributed by atoms with Crippen molar-refractivity contribution in [2.75, 3.05) is 4.93 Å². The van der Waals surface area contributed by atoms with E-state index in [0.717, 1.165) is 35.4 Å². The predicted molar refractivity (Wildman–Crippen MR) is 129 cm³/mol. The van der Waals surface area contributed by atoms with Crippen LogP contribution in [0, 0.1) is 0 Å². The fourth-order valence-electron chi connectivity index (χ4n) is 5.36. The molecule has 7 rings (SSSR count). The average molecular weight is 657 g/mol. The summed E-state index contributed by atoms with van der Waals surface area (Å²) < 4.78 is 2.51. The van der Waals surface area contributed by atoms with E-state index in [4.69, 9.17) is 0 Å². The Morgan fingerprint density at radius 3 is 1.21 bits per heavy atom. The first-order valence-electron chi connectivity index (χ1n) is 10.1. The van der Waals surface area contributed by atoms with Crippen LogP contribution in [0.25, 0.3) is 43.1 Å². The molecule has 4 amide bonds. The monoisotopic (exact) mass is 657 g/mol. The Labute approximate surface area is 210 Å². The fraction of sp³-hybridized carbons (Fsp3) is 0.0400. The number of hydrogen-bond donors (Lipinski definition) is 0. The molecule has 0 N–H and O–H groups in total. The van der Waals surface area contributed by atoms with Crippen molar-refractivity contribution in [3.63, 3.8) is 0 Å². The van der Waals surface area contributed by atoms with Crippen LogP contribution in [0.15, 0.2) is 48.5 Å². The zero-order valence-corrected chi connectivity index (χ0v) is 21.2. The normalized spacial score (nSPS) is 15.9. The van der Waals surface area contributed by atoms with E-state index in [-0.39, 0.29) is 23.6 Å². The van der Waals surface area contributed by atoms with Gasteiger partial charge in [0.1, 0.15) is 0 Å². The molecule has 2 aliphatic rings. The van der Waals surface area contributed by atoms with E-state index in [1.165, 1.54) is 3.11 Å². The molecule has 0 aliphatic carbocycles. The molecule has 0 radical (unpaired) electrons. The maximum atomic E-state index is 13.1. The van der Waals surface area contributed by atoms with E-state index in [9.17, 15) is 19.2 Å². The molecule has 0 saturated heterocycles. The van der Waals surface area contributed by atoms with Crippen LogP contribution in [0.1, 0.15) is 41.4 Å². The van der Waals surface area contributed by atoms with Crippen LogP contribution in [0.5, 0.6) is 0 Å². The molecule has 0 fully saturated rings. The molecule has 0 saturated carbocycles. The van der Waals surface area contributed by atoms with Gasteiger partial charge in [-0.3, -0.25) is 0 Å². The van der Waals surface area contributed by atoms with Crippen molar-refractivity contribution in [2.45, 2.75) is 0 Å². The van der Waals surface area contributed by atoms with Crippen molar-refractivity contribution in [2.24, 2.45) is 0 Å². The third-order valence-electron chi connectivity index (χ3n) is 6.71. The van der Waals surface area contributed by atoms with Crippen LogP contribution in [-0.2, 0) is 0 Å². The van der Waals surface area contributed by atoms with E-state index in [1.54, 1.807) is 47.1 Å². The van der Waals surface area contributed by atoms with E-state index in [1.807, 2.05) is 29.2 Å². The number of amides is 4. The molecule has 0 bridgehead atoms. The van der Waals surface area contributed by atoms with Crippen molar-refractivity contribution < 1.29 is 40.7 Å². The molecule has 0 spiro atoms. The van der Waals surface area contributed by atoms with Gasteiger partial charge in [0.05, 0.1) is 22.9 Å². The summed E-state index contributed by atoms with van der Waals surface area (Å²) in [6.45, 7) is 0. The Morgan fingerprint density at radius 1 is 0.545 bits per heavy atom. The van der Waals surface area contributed by atoms with Gasteiger partial charge in [0, 0.05) is 0 Å². The van der Waals surface area contributed by atoms with Crippen LogP contribution < -0.4 is 21.5 Å². The van der Waals surface area contributed by atoms with Crippen LogP contribution in [0.2, 0.25) is 0 Å². The van der Waals surface area contributed by atoms with Crippen molar-refractivity contribution in [3.8, 4) is 0 Å². The number of fused-ring (bicyclic) bond motifs is 2. The zero-order chi connectivity index (χ0) is 22.8. The first kappa shape index (κ1) is 19.6. The molecular formula is C25H11I2N2O4-. The fourth-order valence-corrected chi connectivity index (χ4v) is 7.28. The van der Waals surface area contributed by atoms with Gasteiger partial charge in [-0.2, -0.15) is 0 Å². The summed E-state index contributed by atoms with van der Waals surface area (Å²) in [5, 5.41) is 6.70. The van der Waals surface area contributed by atoms with Crippen LogP contribution in [0.3, 0.4) is 0 Å². The molecule has 33 heavy (non-hydrogen) atoms. The van der Waals surface area contributed by atoms with E-state index < -0.39 is 21.5 Å². The standard InChI is InChI=1S/C25H11I2N2O4/c1-27-29-24(32)16-8-4-12-10-2-6-14-20-15(23(31)28(26)22(14)30)7-3-11(18(10)20)13-5-9-17(25(29)33)21(16)19(12)13/h2-9H,1H3/q-1. The topological polar surface area (TPSA) is 74.8 Å². The van der Waals surface area contributed by atoms with Crippen molar-refractivity contribution >= 4 is 89.6 Å². The van der Waals surface area contributed by atoms with Crippen LogP contribution >= 0.6 is 22.9 Å². The molecule has 0 unspecified atom stereocenters. The Morgan fingerprint density at radius 2 is 0.879 bits per heavy atom. The number of imide groups is 2. The average Bonchev–Trinajstić information content (AvgIpc) is 2.83. The summed E-state index contributed by atoms with van der Waals surface area (Å²) in [7, 11) is 0. The third kappa shape index (κ3) is 2.18. The van der Waals surface area contributed by atoms with Gasteiger partial charge in [-0.25, -0.2) is 0 Å². The van der Waals surface area contributed by atoms with Gasteiger partial charge in [0.15, 0.2) is 0 Å². The number of benzene rings is 5. The molecule has 8 heteroatoms. The molecule has 160 valence electrons. The molecule has 6 nitrogen and oxygen atoms in total. The summed E-state index contributed by atoms with van der Waals surface area (Å²) in [4.78, 5) is 53.8. The van der Waals surface area contributed by atoms with Gasteiger partial charge in [-0.05, 0) is 0 Å². The number of carbonyl (C=O) groups is 4. The summed E-state index contributed by atoms with van der Waals surface area (Å²) in [6.07, 6.45) is 0. The van der Waals surface area contributed by atoms with Crippen molar-refractivity contribution in [1.82, 2.24) is 6.23 Å². The van der Waals surface area contributed by atoms with Crippen LogP contribution in [0.4, 0.5) is 0 Å². The number of nitrogens with zero attached hydrogens (tertiary/aromatic N) is 2. The molecule has 5 aromatic rings. The quantitative estimate of drug-likeness (QED) is 0.0691. The maximum absolute atomic E-state index is 13.1.